The van der Waals surface area contributed by atoms with Crippen molar-refractivity contribution in [1.82, 2.24) is 30.2 Å². The van der Waals surface area contributed by atoms with Crippen molar-refractivity contribution >= 4 is 17.2 Å². The highest BCUT2D eigenvalue weighted by atomic mass is 32.1. The molecule has 0 aliphatic rings. The van der Waals surface area contributed by atoms with Gasteiger partial charge in [-0.25, -0.2) is 9.67 Å². The van der Waals surface area contributed by atoms with Crippen molar-refractivity contribution in [2.24, 2.45) is 0 Å². The lowest BCUT2D eigenvalue weighted by molar-refractivity contribution is -0.159. The van der Waals surface area contributed by atoms with Crippen molar-refractivity contribution in [3.63, 3.8) is 0 Å². The van der Waals surface area contributed by atoms with Crippen LogP contribution < -0.4 is 5.32 Å². The van der Waals surface area contributed by atoms with Gasteiger partial charge in [0.05, 0.1) is 11.4 Å². The van der Waals surface area contributed by atoms with Crippen LogP contribution in [0.3, 0.4) is 0 Å². The van der Waals surface area contributed by atoms with Crippen molar-refractivity contribution < 1.29 is 22.5 Å². The van der Waals surface area contributed by atoms with Crippen LogP contribution in [-0.2, 0) is 12.7 Å². The standard InChI is InChI=1S/C12H9F3N6O2S/c1-16-10(22)9-17-5-18-21(9)4-6-2-3-7(24-6)8-19-11(23-20-8)12(13,14)15/h2-3,5H,4H2,1H3,(H,16,22). The summed E-state index contributed by atoms with van der Waals surface area (Å²) in [7, 11) is 1.47. The topological polar surface area (TPSA) is 98.7 Å². The van der Waals surface area contributed by atoms with Crippen LogP contribution >= 0.6 is 11.3 Å². The SMILES string of the molecule is CNC(=O)c1ncnn1Cc1ccc(-c2noc(C(F)(F)F)n2)s1. The molecule has 0 aliphatic heterocycles. The number of hydrogen-bond donors (Lipinski definition) is 1. The number of nitrogens with one attached hydrogen (secondary N) is 1. The summed E-state index contributed by atoms with van der Waals surface area (Å²) in [5, 5.41) is 9.72. The van der Waals surface area contributed by atoms with E-state index in [1.165, 1.54) is 18.1 Å². The molecule has 1 N–H and O–H groups in total. The van der Waals surface area contributed by atoms with Gasteiger partial charge >= 0.3 is 12.1 Å². The molecule has 0 saturated heterocycles. The molecule has 0 bridgehead atoms. The molecular weight excluding hydrogens is 349 g/mol. The van der Waals surface area contributed by atoms with Gasteiger partial charge in [-0.15, -0.1) is 11.3 Å². The molecule has 1 amide bonds. The Morgan fingerprint density at radius 1 is 1.42 bits per heavy atom. The zero-order chi connectivity index (χ0) is 17.3. The summed E-state index contributed by atoms with van der Waals surface area (Å²) in [4.78, 5) is 20.0. The number of amides is 1. The number of nitrogens with zero attached hydrogens (tertiary/aromatic N) is 5. The summed E-state index contributed by atoms with van der Waals surface area (Å²) in [5.41, 5.74) is 0. The van der Waals surface area contributed by atoms with Gasteiger partial charge in [-0.3, -0.25) is 4.79 Å². The van der Waals surface area contributed by atoms with Gasteiger partial charge in [0.15, 0.2) is 0 Å². The normalized spacial score (nSPS) is 11.7. The van der Waals surface area contributed by atoms with Crippen LogP contribution in [-0.4, -0.2) is 37.9 Å². The number of rotatable bonds is 4. The molecule has 0 saturated carbocycles. The van der Waals surface area contributed by atoms with E-state index in [4.69, 9.17) is 0 Å². The number of halogens is 3. The highest BCUT2D eigenvalue weighted by molar-refractivity contribution is 7.15. The zero-order valence-electron chi connectivity index (χ0n) is 12.0. The van der Waals surface area contributed by atoms with E-state index in [0.717, 1.165) is 16.2 Å². The quantitative estimate of drug-likeness (QED) is 0.764. The van der Waals surface area contributed by atoms with Gasteiger partial charge in [0.1, 0.15) is 6.33 Å². The minimum absolute atomic E-state index is 0.131. The largest absolute Gasteiger partial charge is 0.471 e. The Morgan fingerprint density at radius 2 is 2.21 bits per heavy atom. The third-order valence-corrected chi connectivity index (χ3v) is 3.97. The highest BCUT2D eigenvalue weighted by Crippen LogP contribution is 2.31. The first-order chi connectivity index (χ1) is 11.4. The Hall–Kier alpha value is -2.76. The minimum Gasteiger partial charge on any atom is -0.352 e. The number of alkyl halides is 3. The molecule has 0 radical (unpaired) electrons. The van der Waals surface area contributed by atoms with E-state index >= 15 is 0 Å². The maximum Gasteiger partial charge on any atom is 0.471 e. The maximum absolute atomic E-state index is 12.5. The van der Waals surface area contributed by atoms with Crippen molar-refractivity contribution in [2.75, 3.05) is 7.05 Å². The number of carbonyl (C=O) groups excluding carboxylic acids is 1. The number of carbonyl (C=O) groups is 1. The first-order valence-electron chi connectivity index (χ1n) is 6.48. The van der Waals surface area contributed by atoms with E-state index in [1.807, 2.05) is 0 Å². The van der Waals surface area contributed by atoms with E-state index < -0.39 is 18.0 Å². The van der Waals surface area contributed by atoms with Gasteiger partial charge in [-0.2, -0.15) is 23.3 Å². The van der Waals surface area contributed by atoms with E-state index in [9.17, 15) is 18.0 Å². The molecule has 3 aromatic rings. The van der Waals surface area contributed by atoms with Crippen LogP contribution in [0.1, 0.15) is 21.4 Å². The van der Waals surface area contributed by atoms with Crippen LogP contribution in [0.2, 0.25) is 0 Å². The third kappa shape index (κ3) is 3.13. The second kappa shape index (κ2) is 6.03. The molecule has 126 valence electrons. The number of thiophene rings is 1. The molecule has 0 spiro atoms. The smallest absolute Gasteiger partial charge is 0.352 e. The van der Waals surface area contributed by atoms with Crippen molar-refractivity contribution in [3.8, 4) is 10.7 Å². The monoisotopic (exact) mass is 358 g/mol. The molecule has 12 heteroatoms. The van der Waals surface area contributed by atoms with Gasteiger partial charge in [0.2, 0.25) is 11.6 Å². The van der Waals surface area contributed by atoms with Crippen LogP contribution in [0.5, 0.6) is 0 Å². The molecule has 0 aliphatic carbocycles. The van der Waals surface area contributed by atoms with Gasteiger partial charge < -0.3 is 9.84 Å². The predicted molar refractivity (Wildman–Crippen MR) is 75.1 cm³/mol. The summed E-state index contributed by atoms with van der Waals surface area (Å²) in [5.74, 6) is -1.81. The average Bonchev–Trinajstić information content (AvgIpc) is 3.25. The van der Waals surface area contributed by atoms with Crippen LogP contribution in [0, 0.1) is 0 Å². The lowest BCUT2D eigenvalue weighted by atomic mass is 10.4. The molecule has 8 nitrogen and oxygen atoms in total. The van der Waals surface area contributed by atoms with E-state index in [-0.39, 0.29) is 18.2 Å². The van der Waals surface area contributed by atoms with Crippen LogP contribution in [0.15, 0.2) is 23.0 Å². The average molecular weight is 358 g/mol. The van der Waals surface area contributed by atoms with Crippen LogP contribution in [0.25, 0.3) is 10.7 Å². The van der Waals surface area contributed by atoms with E-state index in [0.29, 0.717) is 4.88 Å². The third-order valence-electron chi connectivity index (χ3n) is 2.90. The molecule has 0 fully saturated rings. The van der Waals surface area contributed by atoms with Crippen LogP contribution in [0.4, 0.5) is 13.2 Å². The fourth-order valence-electron chi connectivity index (χ4n) is 1.84. The predicted octanol–water partition coefficient (Wildman–Crippen LogP) is 1.82. The van der Waals surface area contributed by atoms with Gasteiger partial charge in [-0.05, 0) is 12.1 Å². The lowest BCUT2D eigenvalue weighted by Gasteiger charge is -2.02. The fourth-order valence-corrected chi connectivity index (χ4v) is 2.75. The summed E-state index contributed by atoms with van der Waals surface area (Å²) in [6, 6.07) is 3.25. The Kier molecular flexibility index (Phi) is 4.05. The Morgan fingerprint density at radius 3 is 2.88 bits per heavy atom. The van der Waals surface area contributed by atoms with Crippen molar-refractivity contribution in [2.45, 2.75) is 12.7 Å². The summed E-state index contributed by atoms with van der Waals surface area (Å²) in [6.07, 6.45) is -3.44. The van der Waals surface area contributed by atoms with Crippen molar-refractivity contribution in [1.29, 1.82) is 0 Å². The number of aromatic nitrogens is 5. The van der Waals surface area contributed by atoms with Gasteiger partial charge in [0, 0.05) is 11.9 Å². The summed E-state index contributed by atoms with van der Waals surface area (Å²) < 4.78 is 43.0. The minimum atomic E-state index is -4.69. The first-order valence-corrected chi connectivity index (χ1v) is 7.30. The summed E-state index contributed by atoms with van der Waals surface area (Å²) in [6.45, 7) is 0.234. The van der Waals surface area contributed by atoms with Crippen molar-refractivity contribution in [3.05, 3.63) is 35.1 Å². The molecule has 0 aromatic carbocycles. The Bertz CT molecular complexity index is 868. The molecule has 3 rings (SSSR count). The maximum atomic E-state index is 12.5. The second-order valence-electron chi connectivity index (χ2n) is 4.51. The number of hydrogen-bond acceptors (Lipinski definition) is 7. The van der Waals surface area contributed by atoms with Gasteiger partial charge in [0.25, 0.3) is 5.91 Å². The molecule has 0 unspecified atom stereocenters. The molecule has 24 heavy (non-hydrogen) atoms. The molecule has 3 heterocycles. The Labute approximate surface area is 136 Å². The highest BCUT2D eigenvalue weighted by Gasteiger charge is 2.38. The summed E-state index contributed by atoms with van der Waals surface area (Å²) >= 11 is 1.16. The van der Waals surface area contributed by atoms with Gasteiger partial charge in [-0.1, -0.05) is 5.16 Å². The molecule has 3 aromatic heterocycles. The molecule has 0 atom stereocenters. The van der Waals surface area contributed by atoms with E-state index in [2.05, 4.69) is 30.1 Å². The molecular formula is C12H9F3N6O2S. The lowest BCUT2D eigenvalue weighted by Crippen LogP contribution is -2.23. The van der Waals surface area contributed by atoms with E-state index in [1.54, 1.807) is 12.1 Å². The zero-order valence-corrected chi connectivity index (χ0v) is 12.9. The second-order valence-corrected chi connectivity index (χ2v) is 5.68. The Balaban J connectivity index is 1.80. The first kappa shape index (κ1) is 16.1. The fraction of sp³-hybridized carbons (Fsp3) is 0.250.